The van der Waals surface area contributed by atoms with Crippen molar-refractivity contribution in [1.82, 2.24) is 35.0 Å². The summed E-state index contributed by atoms with van der Waals surface area (Å²) in [5, 5.41) is 13.3. The molecule has 0 aliphatic heterocycles. The maximum Gasteiger partial charge on any atom is 0.394 e. The second kappa shape index (κ2) is 10.9. The zero-order valence-electron chi connectivity index (χ0n) is 27.9. The van der Waals surface area contributed by atoms with Crippen LogP contribution in [-0.2, 0) is 11.3 Å². The highest BCUT2D eigenvalue weighted by Crippen LogP contribution is 2.46. The van der Waals surface area contributed by atoms with Gasteiger partial charge in [0.15, 0.2) is 5.65 Å². The number of carbonyl (C=O) groups is 2. The number of rotatable bonds is 11. The zero-order valence-corrected chi connectivity index (χ0v) is 22.9. The molecule has 2 atom stereocenters. The standard InChI is InChI=1S/C28H34F5N7O2/c1-4-39-21(7-8-34-39)25(42)37-19(13-26(2,3)28(31,32)33)20-15-40-22(36-20)10-18(14-35-40)24(17-5-6-17)38-23(41)9-16-11-27(29,30)12-16/h7-8,10,14-17,19,24H,4-6,9,11-13H2,1-3H3,(H,37,42)(H,38,41)/t19-,24+/m0/s1/i1D3,4D2. The SMILES string of the molecule is [2H]C([2H])([2H])C([2H])([2H])n1nccc1C(=O)N[C@@H](CC(C)(C)C(F)(F)F)c1cn2ncc([C@H](NC(=O)CC3CC(F)(F)C3)C3CC3)cc2n1. The number of amides is 2. The van der Waals surface area contributed by atoms with E-state index in [4.69, 9.17) is 6.85 Å². The number of halogens is 5. The lowest BCUT2D eigenvalue weighted by atomic mass is 9.79. The summed E-state index contributed by atoms with van der Waals surface area (Å²) < 4.78 is 109. The number of aromatic nitrogens is 5. The molecular formula is C28H34F5N7O2. The summed E-state index contributed by atoms with van der Waals surface area (Å²) in [5.41, 5.74) is -2.11. The van der Waals surface area contributed by atoms with Crippen LogP contribution in [0.5, 0.6) is 0 Å². The van der Waals surface area contributed by atoms with Crippen molar-refractivity contribution in [2.45, 2.75) is 89.9 Å². The molecule has 2 amide bonds. The Morgan fingerprint density at radius 1 is 1.21 bits per heavy atom. The van der Waals surface area contributed by atoms with Crippen LogP contribution in [0, 0.1) is 17.3 Å². The van der Waals surface area contributed by atoms with Gasteiger partial charge >= 0.3 is 6.18 Å². The minimum absolute atomic E-state index is 0.0110. The number of carbonyl (C=O) groups excluding carboxylic acids is 2. The van der Waals surface area contributed by atoms with Gasteiger partial charge in [0.1, 0.15) is 5.69 Å². The molecule has 2 aliphatic carbocycles. The molecule has 2 N–H and O–H groups in total. The van der Waals surface area contributed by atoms with Crippen molar-refractivity contribution in [2.24, 2.45) is 17.3 Å². The van der Waals surface area contributed by atoms with Crippen molar-refractivity contribution < 1.29 is 38.4 Å². The molecule has 228 valence electrons. The molecule has 2 aliphatic rings. The van der Waals surface area contributed by atoms with Gasteiger partial charge in [-0.3, -0.25) is 14.3 Å². The van der Waals surface area contributed by atoms with Gasteiger partial charge in [-0.2, -0.15) is 23.4 Å². The Balaban J connectivity index is 1.42. The van der Waals surface area contributed by atoms with E-state index in [0.717, 1.165) is 39.0 Å². The molecule has 5 rings (SSSR count). The monoisotopic (exact) mass is 600 g/mol. The van der Waals surface area contributed by atoms with Crippen molar-refractivity contribution in [1.29, 1.82) is 0 Å². The molecule has 0 radical (unpaired) electrons. The van der Waals surface area contributed by atoms with E-state index < -0.39 is 66.9 Å². The Morgan fingerprint density at radius 3 is 2.60 bits per heavy atom. The third-order valence-corrected chi connectivity index (χ3v) is 7.90. The number of hydrogen-bond donors (Lipinski definition) is 2. The number of alkyl halides is 5. The molecule has 0 aromatic carbocycles. The summed E-state index contributed by atoms with van der Waals surface area (Å²) in [4.78, 5) is 30.5. The molecule has 3 aromatic heterocycles. The summed E-state index contributed by atoms with van der Waals surface area (Å²) in [6.07, 6.45) is -0.660. The fourth-order valence-corrected chi connectivity index (χ4v) is 5.23. The van der Waals surface area contributed by atoms with Crippen LogP contribution in [0.4, 0.5) is 22.0 Å². The average Bonchev–Trinajstić information content (AvgIpc) is 3.46. The maximum absolute atomic E-state index is 14.0. The lowest BCUT2D eigenvalue weighted by Crippen LogP contribution is -2.39. The van der Waals surface area contributed by atoms with Gasteiger partial charge in [-0.25, -0.2) is 18.3 Å². The van der Waals surface area contributed by atoms with E-state index in [1.54, 1.807) is 6.07 Å². The van der Waals surface area contributed by atoms with Gasteiger partial charge in [0.25, 0.3) is 5.91 Å². The summed E-state index contributed by atoms with van der Waals surface area (Å²) in [6, 6.07) is 0.774. The first kappa shape index (κ1) is 23.9. The van der Waals surface area contributed by atoms with E-state index in [1.165, 1.54) is 16.9 Å². The number of nitrogens with one attached hydrogen (secondary N) is 2. The first-order chi connectivity index (χ1) is 21.6. The minimum atomic E-state index is -4.69. The van der Waals surface area contributed by atoms with Crippen LogP contribution in [0.15, 0.2) is 30.7 Å². The number of aryl methyl sites for hydroxylation is 1. The number of nitrogens with zero attached hydrogens (tertiary/aromatic N) is 5. The summed E-state index contributed by atoms with van der Waals surface area (Å²) >= 11 is 0. The molecule has 3 aromatic rings. The number of imidazole rings is 1. The van der Waals surface area contributed by atoms with Gasteiger partial charge in [0.2, 0.25) is 11.8 Å². The van der Waals surface area contributed by atoms with E-state index in [1.807, 2.05) is 0 Å². The van der Waals surface area contributed by atoms with Crippen molar-refractivity contribution in [3.05, 3.63) is 47.7 Å². The highest BCUT2D eigenvalue weighted by atomic mass is 19.4. The van der Waals surface area contributed by atoms with Crippen molar-refractivity contribution >= 4 is 17.5 Å². The Labute approximate surface area is 246 Å². The topological polar surface area (TPSA) is 106 Å². The van der Waals surface area contributed by atoms with E-state index in [-0.39, 0.29) is 42.4 Å². The van der Waals surface area contributed by atoms with Crippen LogP contribution in [0.3, 0.4) is 0 Å². The molecule has 2 fully saturated rings. The predicted octanol–water partition coefficient (Wildman–Crippen LogP) is 5.40. The first-order valence-electron chi connectivity index (χ1n) is 16.0. The van der Waals surface area contributed by atoms with Crippen molar-refractivity contribution in [3.63, 3.8) is 0 Å². The molecule has 42 heavy (non-hydrogen) atoms. The number of fused-ring (bicyclic) bond motifs is 1. The van der Waals surface area contributed by atoms with Crippen LogP contribution in [0.1, 0.15) is 99.9 Å². The summed E-state index contributed by atoms with van der Waals surface area (Å²) in [5.74, 6) is -4.51. The molecule has 14 heteroatoms. The predicted molar refractivity (Wildman–Crippen MR) is 141 cm³/mol. The van der Waals surface area contributed by atoms with E-state index in [2.05, 4.69) is 25.8 Å². The van der Waals surface area contributed by atoms with Crippen LogP contribution >= 0.6 is 0 Å². The van der Waals surface area contributed by atoms with E-state index >= 15 is 0 Å². The van der Waals surface area contributed by atoms with E-state index in [9.17, 15) is 31.5 Å². The third kappa shape index (κ3) is 6.41. The van der Waals surface area contributed by atoms with Crippen LogP contribution < -0.4 is 10.6 Å². The lowest BCUT2D eigenvalue weighted by Gasteiger charge is -2.34. The molecule has 0 unspecified atom stereocenters. The highest BCUT2D eigenvalue weighted by Gasteiger charge is 2.49. The lowest BCUT2D eigenvalue weighted by molar-refractivity contribution is -0.215. The Bertz CT molecular complexity index is 1640. The second-order valence-corrected chi connectivity index (χ2v) is 11.8. The molecule has 0 spiro atoms. The van der Waals surface area contributed by atoms with Crippen LogP contribution in [0.2, 0.25) is 0 Å². The largest absolute Gasteiger partial charge is 0.394 e. The van der Waals surface area contributed by atoms with Gasteiger partial charge < -0.3 is 10.6 Å². The Hall–Kier alpha value is -3.58. The van der Waals surface area contributed by atoms with Crippen LogP contribution in [-0.4, -0.2) is 48.3 Å². The van der Waals surface area contributed by atoms with Crippen molar-refractivity contribution in [2.75, 3.05) is 0 Å². The average molecular weight is 601 g/mol. The Kier molecular flexibility index (Phi) is 6.22. The molecule has 0 saturated heterocycles. The van der Waals surface area contributed by atoms with Gasteiger partial charge in [-0.05, 0) is 55.6 Å². The van der Waals surface area contributed by atoms with Crippen molar-refractivity contribution in [3.8, 4) is 0 Å². The highest BCUT2D eigenvalue weighted by molar-refractivity contribution is 5.92. The van der Waals surface area contributed by atoms with Gasteiger partial charge in [0, 0.05) is 36.1 Å². The molecule has 9 nitrogen and oxygen atoms in total. The van der Waals surface area contributed by atoms with Gasteiger partial charge in [-0.15, -0.1) is 0 Å². The van der Waals surface area contributed by atoms with E-state index in [0.29, 0.717) is 10.2 Å². The Morgan fingerprint density at radius 2 is 1.95 bits per heavy atom. The molecule has 0 bridgehead atoms. The third-order valence-electron chi connectivity index (χ3n) is 7.90. The maximum atomic E-state index is 14.0. The summed E-state index contributed by atoms with van der Waals surface area (Å²) in [7, 11) is 0. The fraction of sp³-hybridized carbons (Fsp3) is 0.607. The van der Waals surface area contributed by atoms with Gasteiger partial charge in [-0.1, -0.05) is 13.8 Å². The second-order valence-electron chi connectivity index (χ2n) is 11.8. The quantitative estimate of drug-likeness (QED) is 0.287. The zero-order chi connectivity index (χ0) is 34.7. The normalized spacial score (nSPS) is 21.3. The molecule has 3 heterocycles. The number of hydrogen-bond acceptors (Lipinski definition) is 5. The smallest absolute Gasteiger partial charge is 0.349 e. The fourth-order valence-electron chi connectivity index (χ4n) is 5.23. The molecule has 2 saturated carbocycles. The van der Waals surface area contributed by atoms with Crippen LogP contribution in [0.25, 0.3) is 5.65 Å². The molecular weight excluding hydrogens is 561 g/mol. The summed E-state index contributed by atoms with van der Waals surface area (Å²) in [6.45, 7) is -4.43. The minimum Gasteiger partial charge on any atom is -0.349 e. The van der Waals surface area contributed by atoms with Gasteiger partial charge in [0.05, 0.1) is 38.3 Å². The first-order valence-corrected chi connectivity index (χ1v) is 13.5.